The summed E-state index contributed by atoms with van der Waals surface area (Å²) in [6, 6.07) is 10.2. The number of ether oxygens (including phenoxy) is 1. The van der Waals surface area contributed by atoms with Gasteiger partial charge in [0.1, 0.15) is 5.75 Å². The van der Waals surface area contributed by atoms with Gasteiger partial charge in [-0.1, -0.05) is 0 Å². The lowest BCUT2D eigenvalue weighted by atomic mass is 10.0. The van der Waals surface area contributed by atoms with Crippen LogP contribution in [0.2, 0.25) is 0 Å². The fourth-order valence-corrected chi connectivity index (χ4v) is 2.86. The summed E-state index contributed by atoms with van der Waals surface area (Å²) in [4.78, 5) is 35.0. The van der Waals surface area contributed by atoms with Crippen molar-refractivity contribution in [1.82, 2.24) is 5.32 Å². The van der Waals surface area contributed by atoms with Gasteiger partial charge >= 0.3 is 12.0 Å². The number of carboxylic acids is 1. The molecule has 2 aromatic carbocycles. The first-order valence-corrected chi connectivity index (χ1v) is 9.26. The summed E-state index contributed by atoms with van der Waals surface area (Å²) in [6.07, 6.45) is 2.04. The number of benzene rings is 2. The smallest absolute Gasteiger partial charge is 0.341 e. The number of carbonyl (C=O) groups is 3. The Balaban J connectivity index is 1.61. The number of hydrogen-bond acceptors (Lipinski definition) is 4. The summed E-state index contributed by atoms with van der Waals surface area (Å²) in [5, 5.41) is 17.1. The second kappa shape index (κ2) is 8.64. The van der Waals surface area contributed by atoms with Crippen LogP contribution >= 0.6 is 0 Å². The molecule has 1 saturated carbocycles. The fourth-order valence-electron chi connectivity index (χ4n) is 2.86. The minimum Gasteiger partial charge on any atom is -0.481 e. The molecule has 1 aliphatic rings. The van der Waals surface area contributed by atoms with E-state index in [1.165, 1.54) is 0 Å². The average molecular weight is 397 g/mol. The van der Waals surface area contributed by atoms with Gasteiger partial charge in [-0.05, 0) is 74.2 Å². The van der Waals surface area contributed by atoms with Crippen molar-refractivity contribution >= 4 is 29.3 Å². The van der Waals surface area contributed by atoms with E-state index in [-0.39, 0.29) is 18.0 Å². The Morgan fingerprint density at radius 3 is 2.07 bits per heavy atom. The topological polar surface area (TPSA) is 117 Å². The van der Waals surface area contributed by atoms with E-state index >= 15 is 0 Å². The number of aliphatic carboxylic acids is 1. The van der Waals surface area contributed by atoms with Crippen LogP contribution in [0.1, 0.15) is 34.3 Å². The van der Waals surface area contributed by atoms with Crippen molar-refractivity contribution in [3.63, 3.8) is 0 Å². The molecule has 1 aliphatic carbocycles. The number of nitrogens with one attached hydrogen (secondary N) is 3. The minimum absolute atomic E-state index is 0.236. The Kier molecular flexibility index (Phi) is 6.01. The van der Waals surface area contributed by atoms with Crippen LogP contribution in [0, 0.1) is 13.8 Å². The maximum Gasteiger partial charge on any atom is 0.341 e. The second-order valence-corrected chi connectivity index (χ2v) is 7.03. The standard InChI is InChI=1S/C21H23N3O5/c1-12-9-14(10-13(2)19(12)29-11-18(25)26)20(27)22-15-3-5-16(6-4-15)23-21(28)24-17-7-8-17/h3-6,9-10,17H,7-8,11H2,1-2H3,(H,22,27)(H,25,26)(H2,23,24,28). The summed E-state index contributed by atoms with van der Waals surface area (Å²) in [5.41, 5.74) is 3.02. The summed E-state index contributed by atoms with van der Waals surface area (Å²) >= 11 is 0. The zero-order valence-electron chi connectivity index (χ0n) is 16.2. The molecular weight excluding hydrogens is 374 g/mol. The van der Waals surface area contributed by atoms with Gasteiger partial charge in [0.2, 0.25) is 0 Å². The highest BCUT2D eigenvalue weighted by molar-refractivity contribution is 6.04. The van der Waals surface area contributed by atoms with E-state index in [2.05, 4.69) is 16.0 Å². The Bertz CT molecular complexity index is 913. The molecule has 3 amide bonds. The van der Waals surface area contributed by atoms with E-state index in [9.17, 15) is 14.4 Å². The maximum absolute atomic E-state index is 12.6. The number of carboxylic acid groups (broad SMARTS) is 1. The van der Waals surface area contributed by atoms with Gasteiger partial charge in [0.05, 0.1) is 0 Å². The number of hydrogen-bond donors (Lipinski definition) is 4. The van der Waals surface area contributed by atoms with Crippen molar-refractivity contribution in [3.8, 4) is 5.75 Å². The van der Waals surface area contributed by atoms with Crippen LogP contribution in [0.4, 0.5) is 16.2 Å². The van der Waals surface area contributed by atoms with Crippen molar-refractivity contribution in [2.45, 2.75) is 32.7 Å². The van der Waals surface area contributed by atoms with Crippen LogP contribution in [0.5, 0.6) is 5.75 Å². The van der Waals surface area contributed by atoms with Crippen molar-refractivity contribution < 1.29 is 24.2 Å². The third-order valence-electron chi connectivity index (χ3n) is 4.38. The van der Waals surface area contributed by atoms with Gasteiger partial charge in [0, 0.05) is 23.0 Å². The van der Waals surface area contributed by atoms with Gasteiger partial charge in [0.15, 0.2) is 6.61 Å². The third-order valence-corrected chi connectivity index (χ3v) is 4.38. The average Bonchev–Trinajstić information content (AvgIpc) is 3.46. The van der Waals surface area contributed by atoms with Crippen LogP contribution in [0.3, 0.4) is 0 Å². The molecule has 0 bridgehead atoms. The molecule has 3 rings (SSSR count). The van der Waals surface area contributed by atoms with E-state index in [1.807, 2.05) is 0 Å². The van der Waals surface area contributed by atoms with Crippen molar-refractivity contribution in [2.75, 3.05) is 17.2 Å². The minimum atomic E-state index is -1.06. The molecule has 0 unspecified atom stereocenters. The number of aryl methyl sites for hydroxylation is 2. The van der Waals surface area contributed by atoms with Crippen molar-refractivity contribution in [1.29, 1.82) is 0 Å². The molecule has 0 atom stereocenters. The van der Waals surface area contributed by atoms with Gasteiger partial charge < -0.3 is 25.8 Å². The molecule has 0 aliphatic heterocycles. The van der Waals surface area contributed by atoms with E-state index in [1.54, 1.807) is 50.2 Å². The van der Waals surface area contributed by atoms with Crippen molar-refractivity contribution in [3.05, 3.63) is 53.1 Å². The SMILES string of the molecule is Cc1cc(C(=O)Nc2ccc(NC(=O)NC3CC3)cc2)cc(C)c1OCC(=O)O. The summed E-state index contributed by atoms with van der Waals surface area (Å²) < 4.78 is 5.28. The zero-order chi connectivity index (χ0) is 21.0. The maximum atomic E-state index is 12.6. The van der Waals surface area contributed by atoms with Crippen LogP contribution in [-0.4, -0.2) is 35.7 Å². The first-order chi connectivity index (χ1) is 13.8. The van der Waals surface area contributed by atoms with Crippen LogP contribution in [0.15, 0.2) is 36.4 Å². The highest BCUT2D eigenvalue weighted by atomic mass is 16.5. The molecule has 0 radical (unpaired) electrons. The van der Waals surface area contributed by atoms with Gasteiger partial charge in [-0.2, -0.15) is 0 Å². The highest BCUT2D eigenvalue weighted by Gasteiger charge is 2.23. The predicted octanol–water partition coefficient (Wildman–Crippen LogP) is 3.30. The highest BCUT2D eigenvalue weighted by Crippen LogP contribution is 2.25. The summed E-state index contributed by atoms with van der Waals surface area (Å²) in [5.74, 6) is -0.898. The first kappa shape index (κ1) is 20.2. The fraction of sp³-hybridized carbons (Fsp3) is 0.286. The van der Waals surface area contributed by atoms with Crippen LogP contribution < -0.4 is 20.7 Å². The molecule has 0 heterocycles. The zero-order valence-corrected chi connectivity index (χ0v) is 16.2. The monoisotopic (exact) mass is 397 g/mol. The van der Waals surface area contributed by atoms with Gasteiger partial charge in [-0.25, -0.2) is 9.59 Å². The van der Waals surface area contributed by atoms with E-state index < -0.39 is 12.6 Å². The molecule has 152 valence electrons. The van der Waals surface area contributed by atoms with E-state index in [0.29, 0.717) is 33.8 Å². The molecule has 4 N–H and O–H groups in total. The molecule has 0 spiro atoms. The number of amides is 3. The van der Waals surface area contributed by atoms with Crippen molar-refractivity contribution in [2.24, 2.45) is 0 Å². The molecule has 29 heavy (non-hydrogen) atoms. The number of rotatable bonds is 7. The van der Waals surface area contributed by atoms with Gasteiger partial charge in [-0.3, -0.25) is 4.79 Å². The summed E-state index contributed by atoms with van der Waals surface area (Å²) in [6.45, 7) is 3.08. The van der Waals surface area contributed by atoms with Crippen LogP contribution in [0.25, 0.3) is 0 Å². The lowest BCUT2D eigenvalue weighted by Gasteiger charge is -2.13. The number of carbonyl (C=O) groups excluding carboxylic acids is 2. The number of urea groups is 1. The Morgan fingerprint density at radius 1 is 1.00 bits per heavy atom. The van der Waals surface area contributed by atoms with Gasteiger partial charge in [-0.15, -0.1) is 0 Å². The molecule has 8 heteroatoms. The second-order valence-electron chi connectivity index (χ2n) is 7.03. The van der Waals surface area contributed by atoms with E-state index in [0.717, 1.165) is 12.8 Å². The Hall–Kier alpha value is -3.55. The lowest BCUT2D eigenvalue weighted by molar-refractivity contribution is -0.139. The quantitative estimate of drug-likeness (QED) is 0.572. The molecule has 1 fully saturated rings. The molecule has 0 aromatic heterocycles. The molecular formula is C21H23N3O5. The lowest BCUT2D eigenvalue weighted by Crippen LogP contribution is -2.30. The third kappa shape index (κ3) is 5.71. The predicted molar refractivity (Wildman–Crippen MR) is 109 cm³/mol. The Morgan fingerprint density at radius 2 is 1.55 bits per heavy atom. The first-order valence-electron chi connectivity index (χ1n) is 9.26. The molecule has 2 aromatic rings. The van der Waals surface area contributed by atoms with Gasteiger partial charge in [0.25, 0.3) is 5.91 Å². The molecule has 8 nitrogen and oxygen atoms in total. The largest absolute Gasteiger partial charge is 0.481 e. The van der Waals surface area contributed by atoms with Crippen LogP contribution in [-0.2, 0) is 4.79 Å². The molecule has 0 saturated heterocycles. The van der Waals surface area contributed by atoms with E-state index in [4.69, 9.17) is 9.84 Å². The normalized spacial score (nSPS) is 12.8. The Labute approximate surface area is 168 Å². The number of anilines is 2. The summed E-state index contributed by atoms with van der Waals surface area (Å²) in [7, 11) is 0.